The maximum atomic E-state index is 11.6. The zero-order valence-electron chi connectivity index (χ0n) is 13.3. The van der Waals surface area contributed by atoms with E-state index in [1.165, 1.54) is 24.3 Å². The third-order valence-electron chi connectivity index (χ3n) is 2.89. The van der Waals surface area contributed by atoms with Gasteiger partial charge < -0.3 is 9.47 Å². The lowest BCUT2D eigenvalue weighted by molar-refractivity contribution is -0.384. The summed E-state index contributed by atoms with van der Waals surface area (Å²) in [5.74, 6) is -0.451. The van der Waals surface area contributed by atoms with Gasteiger partial charge in [-0.15, -0.1) is 0 Å². The quantitative estimate of drug-likeness (QED) is 0.394. The first kappa shape index (κ1) is 18.6. The molecule has 0 bridgehead atoms. The summed E-state index contributed by atoms with van der Waals surface area (Å²) in [5.41, 5.74) is 0.653. The summed E-state index contributed by atoms with van der Waals surface area (Å²) in [5, 5.41) is 10.5. The molecule has 0 fully saturated rings. The summed E-state index contributed by atoms with van der Waals surface area (Å²) in [6, 6.07) is 5.78. The van der Waals surface area contributed by atoms with E-state index in [9.17, 15) is 19.7 Å². The normalized spacial score (nSPS) is 10.4. The van der Waals surface area contributed by atoms with Crippen LogP contribution in [0, 0.1) is 16.0 Å². The van der Waals surface area contributed by atoms with Crippen LogP contribution in [-0.4, -0.2) is 23.5 Å². The Morgan fingerprint density at radius 1 is 1.09 bits per heavy atom. The maximum Gasteiger partial charge on any atom is 0.306 e. The number of nitro groups is 1. The van der Waals surface area contributed by atoms with E-state index in [0.717, 1.165) is 0 Å². The second kappa shape index (κ2) is 9.55. The average Bonchev–Trinajstić information content (AvgIpc) is 2.51. The monoisotopic (exact) mass is 323 g/mol. The Morgan fingerprint density at radius 2 is 1.65 bits per heavy atom. The first-order valence-electron chi connectivity index (χ1n) is 7.43. The van der Waals surface area contributed by atoms with Crippen molar-refractivity contribution >= 4 is 17.6 Å². The lowest BCUT2D eigenvalue weighted by Crippen LogP contribution is -2.11. The summed E-state index contributed by atoms with van der Waals surface area (Å²) in [6.45, 7) is 4.32. The van der Waals surface area contributed by atoms with Crippen LogP contribution in [0.15, 0.2) is 24.3 Å². The molecule has 7 nitrogen and oxygen atoms in total. The van der Waals surface area contributed by atoms with E-state index in [4.69, 9.17) is 9.47 Å². The number of hydrogen-bond acceptors (Lipinski definition) is 6. The van der Waals surface area contributed by atoms with Crippen molar-refractivity contribution in [3.8, 4) is 0 Å². The smallest absolute Gasteiger partial charge is 0.306 e. The molecule has 0 unspecified atom stereocenters. The lowest BCUT2D eigenvalue weighted by Gasteiger charge is -2.07. The van der Waals surface area contributed by atoms with E-state index in [0.29, 0.717) is 18.6 Å². The first-order chi connectivity index (χ1) is 10.9. The molecule has 1 rings (SSSR count). The SMILES string of the molecule is CC(C)COC(=O)CCCC(=O)OCc1ccc([N+](=O)[O-])cc1. The van der Waals surface area contributed by atoms with E-state index < -0.39 is 10.9 Å². The molecule has 126 valence electrons. The van der Waals surface area contributed by atoms with Gasteiger partial charge in [0.2, 0.25) is 0 Å². The molecule has 0 amide bonds. The Kier molecular flexibility index (Phi) is 7.73. The van der Waals surface area contributed by atoms with Crippen LogP contribution in [0.25, 0.3) is 0 Å². The number of hydrogen-bond donors (Lipinski definition) is 0. The van der Waals surface area contributed by atoms with Crippen molar-refractivity contribution in [2.45, 2.75) is 39.7 Å². The number of esters is 2. The van der Waals surface area contributed by atoms with Gasteiger partial charge in [0.05, 0.1) is 11.5 Å². The highest BCUT2D eigenvalue weighted by molar-refractivity contribution is 5.72. The minimum absolute atomic E-state index is 0.0139. The third kappa shape index (κ3) is 7.94. The molecule has 0 heterocycles. The number of benzene rings is 1. The van der Waals surface area contributed by atoms with E-state index in [1.54, 1.807) is 0 Å². The molecule has 1 aromatic rings. The van der Waals surface area contributed by atoms with Gasteiger partial charge in [0, 0.05) is 25.0 Å². The second-order valence-corrected chi connectivity index (χ2v) is 5.51. The lowest BCUT2D eigenvalue weighted by atomic mass is 10.2. The number of non-ortho nitro benzene ring substituents is 1. The fraction of sp³-hybridized carbons (Fsp3) is 0.500. The minimum Gasteiger partial charge on any atom is -0.465 e. The van der Waals surface area contributed by atoms with Crippen molar-refractivity contribution in [3.63, 3.8) is 0 Å². The molecule has 1 aromatic carbocycles. The Labute approximate surface area is 134 Å². The molecule has 0 aliphatic carbocycles. The number of nitrogens with zero attached hydrogens (tertiary/aromatic N) is 1. The van der Waals surface area contributed by atoms with E-state index >= 15 is 0 Å². The fourth-order valence-electron chi connectivity index (χ4n) is 1.66. The molecule has 0 saturated carbocycles. The number of nitro benzene ring substituents is 1. The van der Waals surface area contributed by atoms with Gasteiger partial charge in [-0.3, -0.25) is 19.7 Å². The van der Waals surface area contributed by atoms with Crippen LogP contribution in [0.2, 0.25) is 0 Å². The Morgan fingerprint density at radius 3 is 2.17 bits per heavy atom. The second-order valence-electron chi connectivity index (χ2n) is 5.51. The van der Waals surface area contributed by atoms with E-state index in [-0.39, 0.29) is 37.0 Å². The Bertz CT molecular complexity index is 538. The van der Waals surface area contributed by atoms with Crippen molar-refractivity contribution in [2.75, 3.05) is 6.61 Å². The van der Waals surface area contributed by atoms with Crippen LogP contribution in [-0.2, 0) is 25.7 Å². The minimum atomic E-state index is -0.492. The van der Waals surface area contributed by atoms with Crippen molar-refractivity contribution in [1.29, 1.82) is 0 Å². The molecule has 23 heavy (non-hydrogen) atoms. The molecule has 0 atom stereocenters. The van der Waals surface area contributed by atoms with Crippen LogP contribution in [0.1, 0.15) is 38.7 Å². The van der Waals surface area contributed by atoms with Crippen LogP contribution < -0.4 is 0 Å². The first-order valence-corrected chi connectivity index (χ1v) is 7.43. The molecule has 0 aliphatic heterocycles. The topological polar surface area (TPSA) is 95.7 Å². The standard InChI is InChI=1S/C16H21NO6/c1-12(2)10-22-15(18)4-3-5-16(19)23-11-13-6-8-14(9-7-13)17(20)21/h6-9,12H,3-5,10-11H2,1-2H3. The Hall–Kier alpha value is -2.44. The van der Waals surface area contributed by atoms with Gasteiger partial charge in [-0.2, -0.15) is 0 Å². The summed E-state index contributed by atoms with van der Waals surface area (Å²) in [4.78, 5) is 32.9. The molecule has 0 spiro atoms. The number of ether oxygens (including phenoxy) is 2. The summed E-state index contributed by atoms with van der Waals surface area (Å²) in [6.07, 6.45) is 0.680. The van der Waals surface area contributed by atoms with Crippen LogP contribution in [0.4, 0.5) is 5.69 Å². The average molecular weight is 323 g/mol. The molecule has 7 heteroatoms. The molecule has 0 radical (unpaired) electrons. The molecule has 0 aliphatic rings. The van der Waals surface area contributed by atoms with E-state index in [1.807, 2.05) is 13.8 Å². The van der Waals surface area contributed by atoms with Crippen molar-refractivity contribution in [2.24, 2.45) is 5.92 Å². The van der Waals surface area contributed by atoms with Gasteiger partial charge in [0.1, 0.15) is 6.61 Å². The van der Waals surface area contributed by atoms with Gasteiger partial charge in [-0.05, 0) is 30.0 Å². The zero-order chi connectivity index (χ0) is 17.2. The third-order valence-corrected chi connectivity index (χ3v) is 2.89. The molecule has 0 N–H and O–H groups in total. The summed E-state index contributed by atoms with van der Waals surface area (Å²) < 4.78 is 10.0. The van der Waals surface area contributed by atoms with Crippen LogP contribution in [0.3, 0.4) is 0 Å². The van der Waals surface area contributed by atoms with E-state index in [2.05, 4.69) is 0 Å². The number of carbonyl (C=O) groups is 2. The van der Waals surface area contributed by atoms with Crippen molar-refractivity contribution in [1.82, 2.24) is 0 Å². The summed E-state index contributed by atoms with van der Waals surface area (Å²) >= 11 is 0. The highest BCUT2D eigenvalue weighted by atomic mass is 16.6. The fourth-order valence-corrected chi connectivity index (χ4v) is 1.66. The molecule has 0 saturated heterocycles. The van der Waals surface area contributed by atoms with Crippen LogP contribution >= 0.6 is 0 Å². The van der Waals surface area contributed by atoms with Gasteiger partial charge in [-0.25, -0.2) is 0 Å². The van der Waals surface area contributed by atoms with Gasteiger partial charge in [0.15, 0.2) is 0 Å². The predicted molar refractivity (Wildman–Crippen MR) is 82.5 cm³/mol. The largest absolute Gasteiger partial charge is 0.465 e. The molecular weight excluding hydrogens is 302 g/mol. The van der Waals surface area contributed by atoms with Crippen molar-refractivity contribution in [3.05, 3.63) is 39.9 Å². The van der Waals surface area contributed by atoms with Gasteiger partial charge in [0.25, 0.3) is 5.69 Å². The molecular formula is C16H21NO6. The highest BCUT2D eigenvalue weighted by Crippen LogP contribution is 2.13. The number of carbonyl (C=O) groups excluding carboxylic acids is 2. The zero-order valence-corrected chi connectivity index (χ0v) is 13.3. The Balaban J connectivity index is 2.21. The summed E-state index contributed by atoms with van der Waals surface area (Å²) in [7, 11) is 0. The van der Waals surface area contributed by atoms with Gasteiger partial charge >= 0.3 is 11.9 Å². The van der Waals surface area contributed by atoms with Crippen molar-refractivity contribution < 1.29 is 24.0 Å². The van der Waals surface area contributed by atoms with Gasteiger partial charge in [-0.1, -0.05) is 13.8 Å². The maximum absolute atomic E-state index is 11.6. The molecule has 0 aromatic heterocycles. The highest BCUT2D eigenvalue weighted by Gasteiger charge is 2.09. The number of rotatable bonds is 9. The predicted octanol–water partition coefficient (Wildman–Crippen LogP) is 3.01. The van der Waals surface area contributed by atoms with Crippen LogP contribution in [0.5, 0.6) is 0 Å².